The van der Waals surface area contributed by atoms with Crippen molar-refractivity contribution in [3.05, 3.63) is 65.2 Å². The highest BCUT2D eigenvalue weighted by atomic mass is 16.5. The van der Waals surface area contributed by atoms with Gasteiger partial charge >= 0.3 is 0 Å². The van der Waals surface area contributed by atoms with E-state index < -0.39 is 0 Å². The van der Waals surface area contributed by atoms with Crippen LogP contribution in [0.15, 0.2) is 53.5 Å². The second-order valence-electron chi connectivity index (χ2n) is 8.40. The molecule has 3 N–H and O–H groups in total. The summed E-state index contributed by atoms with van der Waals surface area (Å²) in [6.45, 7) is 2.46. The lowest BCUT2D eigenvalue weighted by molar-refractivity contribution is 0.0927. The molecular formula is C25H31N5O2. The van der Waals surface area contributed by atoms with Crippen LogP contribution >= 0.6 is 0 Å². The molecule has 0 bridgehead atoms. The fraction of sp³-hybridized carbons (Fsp3) is 0.400. The number of para-hydroxylation sites is 1. The second-order valence-corrected chi connectivity index (χ2v) is 8.40. The molecule has 1 fully saturated rings. The van der Waals surface area contributed by atoms with Crippen molar-refractivity contribution < 1.29 is 9.53 Å². The van der Waals surface area contributed by atoms with E-state index in [0.29, 0.717) is 17.9 Å². The lowest BCUT2D eigenvalue weighted by atomic mass is 9.68. The number of nitrogens with two attached hydrogens (primary N) is 1. The van der Waals surface area contributed by atoms with Crippen LogP contribution in [0.4, 0.5) is 0 Å². The van der Waals surface area contributed by atoms with Gasteiger partial charge in [0, 0.05) is 25.0 Å². The first-order valence-electron chi connectivity index (χ1n) is 10.8. The van der Waals surface area contributed by atoms with Crippen LogP contribution in [-0.4, -0.2) is 43.5 Å². The van der Waals surface area contributed by atoms with Gasteiger partial charge in [-0.2, -0.15) is 5.26 Å². The van der Waals surface area contributed by atoms with Crippen LogP contribution in [0.2, 0.25) is 0 Å². The third-order valence-corrected chi connectivity index (χ3v) is 6.62. The maximum atomic E-state index is 13.1. The van der Waals surface area contributed by atoms with Crippen molar-refractivity contribution in [3.63, 3.8) is 0 Å². The summed E-state index contributed by atoms with van der Waals surface area (Å²) in [4.78, 5) is 18.6. The molecule has 0 spiro atoms. The minimum Gasteiger partial charge on any atom is -0.496 e. The number of carbonyl (C=O) groups excluding carboxylic acids is 1. The van der Waals surface area contributed by atoms with Gasteiger partial charge in [-0.3, -0.25) is 4.79 Å². The SMILES string of the molecule is COc1c(C)cccc1C(=O)NC[C@]1(c2ccccc2)CC[C@H](N(C)C(N)=NC#N)CC1. The predicted octanol–water partition coefficient (Wildman–Crippen LogP) is 3.34. The number of nitriles is 1. The van der Waals surface area contributed by atoms with E-state index in [1.807, 2.05) is 49.2 Å². The minimum atomic E-state index is -0.174. The number of carbonyl (C=O) groups is 1. The summed E-state index contributed by atoms with van der Waals surface area (Å²) in [5.41, 5.74) is 8.44. The molecule has 2 aromatic rings. The zero-order valence-corrected chi connectivity index (χ0v) is 19.0. The molecule has 2 aromatic carbocycles. The van der Waals surface area contributed by atoms with Crippen molar-refractivity contribution in [1.29, 1.82) is 5.26 Å². The first-order chi connectivity index (χ1) is 15.4. The Morgan fingerprint density at radius 1 is 1.25 bits per heavy atom. The number of methoxy groups -OCH3 is 1. The van der Waals surface area contributed by atoms with E-state index in [-0.39, 0.29) is 23.3 Å². The zero-order chi connectivity index (χ0) is 23.1. The Morgan fingerprint density at radius 3 is 2.56 bits per heavy atom. The molecule has 0 atom stereocenters. The van der Waals surface area contributed by atoms with Gasteiger partial charge in [-0.05, 0) is 49.8 Å². The van der Waals surface area contributed by atoms with Crippen molar-refractivity contribution in [2.24, 2.45) is 10.7 Å². The number of rotatable bonds is 6. The van der Waals surface area contributed by atoms with E-state index in [0.717, 1.165) is 31.2 Å². The van der Waals surface area contributed by atoms with Gasteiger partial charge in [0.2, 0.25) is 12.2 Å². The number of aryl methyl sites for hydroxylation is 1. The fourth-order valence-electron chi connectivity index (χ4n) is 4.67. The van der Waals surface area contributed by atoms with E-state index >= 15 is 0 Å². The third kappa shape index (κ3) is 4.86. The highest BCUT2D eigenvalue weighted by Gasteiger charge is 2.38. The van der Waals surface area contributed by atoms with Crippen molar-refractivity contribution in [2.45, 2.75) is 44.1 Å². The van der Waals surface area contributed by atoms with E-state index in [2.05, 4.69) is 22.4 Å². The molecular weight excluding hydrogens is 402 g/mol. The van der Waals surface area contributed by atoms with Crippen molar-refractivity contribution >= 4 is 11.9 Å². The van der Waals surface area contributed by atoms with Crippen molar-refractivity contribution in [2.75, 3.05) is 20.7 Å². The van der Waals surface area contributed by atoms with Gasteiger partial charge < -0.3 is 20.7 Å². The molecule has 1 amide bonds. The van der Waals surface area contributed by atoms with Crippen LogP contribution in [-0.2, 0) is 5.41 Å². The quantitative estimate of drug-likeness (QED) is 0.413. The predicted molar refractivity (Wildman–Crippen MR) is 125 cm³/mol. The Labute approximate surface area is 189 Å². The van der Waals surface area contributed by atoms with Crippen LogP contribution in [0.1, 0.15) is 47.2 Å². The summed E-state index contributed by atoms with van der Waals surface area (Å²) in [7, 11) is 3.46. The Kier molecular flexibility index (Phi) is 7.37. The average Bonchev–Trinajstić information content (AvgIpc) is 2.83. The van der Waals surface area contributed by atoms with Crippen molar-refractivity contribution in [3.8, 4) is 11.9 Å². The molecule has 1 aliphatic rings. The second kappa shape index (κ2) is 10.2. The van der Waals surface area contributed by atoms with Crippen LogP contribution in [0.3, 0.4) is 0 Å². The molecule has 0 aliphatic heterocycles. The van der Waals surface area contributed by atoms with Gasteiger partial charge in [0.1, 0.15) is 5.75 Å². The molecule has 7 heteroatoms. The number of nitrogens with zero attached hydrogens (tertiary/aromatic N) is 3. The number of aliphatic imine (C=N–C) groups is 1. The Hall–Kier alpha value is -3.53. The van der Waals surface area contributed by atoms with Gasteiger partial charge in [-0.1, -0.05) is 42.5 Å². The molecule has 1 saturated carbocycles. The number of nitrogens with one attached hydrogen (secondary N) is 1. The average molecular weight is 434 g/mol. The molecule has 7 nitrogen and oxygen atoms in total. The lowest BCUT2D eigenvalue weighted by Crippen LogP contribution is -2.49. The molecule has 0 aromatic heterocycles. The summed E-state index contributed by atoms with van der Waals surface area (Å²) < 4.78 is 5.47. The first-order valence-corrected chi connectivity index (χ1v) is 10.8. The Morgan fingerprint density at radius 2 is 1.94 bits per heavy atom. The molecule has 0 unspecified atom stereocenters. The molecule has 1 aliphatic carbocycles. The summed E-state index contributed by atoms with van der Waals surface area (Å²) >= 11 is 0. The number of hydrogen-bond acceptors (Lipinski definition) is 4. The monoisotopic (exact) mass is 433 g/mol. The lowest BCUT2D eigenvalue weighted by Gasteiger charge is -2.43. The summed E-state index contributed by atoms with van der Waals surface area (Å²) in [5, 5.41) is 12.0. The zero-order valence-electron chi connectivity index (χ0n) is 19.0. The minimum absolute atomic E-state index is 0.134. The van der Waals surface area contributed by atoms with Gasteiger partial charge in [0.25, 0.3) is 5.91 Å². The maximum Gasteiger partial charge on any atom is 0.255 e. The number of guanidine groups is 1. The third-order valence-electron chi connectivity index (χ3n) is 6.62. The van der Waals surface area contributed by atoms with Crippen LogP contribution in [0.25, 0.3) is 0 Å². The van der Waals surface area contributed by atoms with Crippen LogP contribution in [0.5, 0.6) is 5.75 Å². The van der Waals surface area contributed by atoms with Gasteiger partial charge in [-0.25, -0.2) is 0 Å². The normalized spacial score (nSPS) is 20.8. The van der Waals surface area contributed by atoms with Gasteiger partial charge in [0.05, 0.1) is 12.7 Å². The smallest absolute Gasteiger partial charge is 0.255 e. The van der Waals surface area contributed by atoms with Crippen LogP contribution < -0.4 is 15.8 Å². The summed E-state index contributed by atoms with van der Waals surface area (Å²) in [6, 6.07) is 16.1. The summed E-state index contributed by atoms with van der Waals surface area (Å²) in [6.07, 6.45) is 5.30. The summed E-state index contributed by atoms with van der Waals surface area (Å²) in [5.74, 6) is 0.714. The molecule has 0 saturated heterocycles. The van der Waals surface area contributed by atoms with Crippen LogP contribution in [0, 0.1) is 18.4 Å². The highest BCUT2D eigenvalue weighted by Crippen LogP contribution is 2.40. The largest absolute Gasteiger partial charge is 0.496 e. The molecule has 0 radical (unpaired) electrons. The van der Waals surface area contributed by atoms with E-state index in [1.165, 1.54) is 5.56 Å². The van der Waals surface area contributed by atoms with Gasteiger partial charge in [-0.15, -0.1) is 4.99 Å². The molecule has 32 heavy (non-hydrogen) atoms. The van der Waals surface area contributed by atoms with Crippen molar-refractivity contribution in [1.82, 2.24) is 10.2 Å². The molecule has 0 heterocycles. The standard InChI is InChI=1S/C25H31N5O2/c1-18-8-7-11-21(22(18)32-3)23(31)28-16-25(19-9-5-4-6-10-19)14-12-20(13-15-25)30(2)24(27)29-17-26/h4-11,20H,12-16H2,1-3H3,(H2,27,29)(H,28,31)/t20-,25-. The van der Waals surface area contributed by atoms with E-state index in [9.17, 15) is 4.79 Å². The van der Waals surface area contributed by atoms with E-state index in [4.69, 9.17) is 15.7 Å². The maximum absolute atomic E-state index is 13.1. The van der Waals surface area contributed by atoms with E-state index in [1.54, 1.807) is 19.4 Å². The fourth-order valence-corrected chi connectivity index (χ4v) is 4.67. The molecule has 168 valence electrons. The Bertz CT molecular complexity index is 1000. The molecule has 3 rings (SSSR count). The Balaban J connectivity index is 1.79. The number of benzene rings is 2. The van der Waals surface area contributed by atoms with Gasteiger partial charge in [0.15, 0.2) is 0 Å². The number of ether oxygens (including phenoxy) is 1. The number of hydrogen-bond donors (Lipinski definition) is 2. The highest BCUT2D eigenvalue weighted by molar-refractivity contribution is 5.97. The topological polar surface area (TPSA) is 104 Å². The number of amides is 1. The first kappa shape index (κ1) is 23.1.